The van der Waals surface area contributed by atoms with Crippen LogP contribution in [-0.4, -0.2) is 57.9 Å². The van der Waals surface area contributed by atoms with Crippen LogP contribution in [-0.2, 0) is 13.1 Å². The van der Waals surface area contributed by atoms with E-state index in [9.17, 15) is 0 Å². The maximum atomic E-state index is 5.46. The molecule has 2 aromatic carbocycles. The molecule has 2 aromatic rings. The summed E-state index contributed by atoms with van der Waals surface area (Å²) >= 11 is 0. The van der Waals surface area contributed by atoms with Crippen molar-refractivity contribution in [2.75, 3.05) is 41.0 Å². The normalized spacial score (nSPS) is 16.6. The van der Waals surface area contributed by atoms with Gasteiger partial charge in [0.15, 0.2) is 17.5 Å². The van der Waals surface area contributed by atoms with Crippen molar-refractivity contribution >= 4 is 5.96 Å². The third-order valence-corrected chi connectivity index (χ3v) is 5.72. The quantitative estimate of drug-likeness (QED) is 0.436. The van der Waals surface area contributed by atoms with E-state index in [0.717, 1.165) is 37.7 Å². The average molecular weight is 441 g/mol. The zero-order valence-corrected chi connectivity index (χ0v) is 19.7. The van der Waals surface area contributed by atoms with E-state index in [4.69, 9.17) is 19.2 Å². The summed E-state index contributed by atoms with van der Waals surface area (Å²) in [6, 6.07) is 15.1. The van der Waals surface area contributed by atoms with Gasteiger partial charge >= 0.3 is 0 Å². The molecular weight excluding hydrogens is 404 g/mol. The summed E-state index contributed by atoms with van der Waals surface area (Å²) in [7, 11) is 4.85. The molecule has 0 radical (unpaired) electrons. The predicted octanol–water partition coefficient (Wildman–Crippen LogP) is 3.43. The van der Waals surface area contributed by atoms with Crippen LogP contribution in [0.3, 0.4) is 0 Å². The molecule has 1 fully saturated rings. The summed E-state index contributed by atoms with van der Waals surface area (Å²) in [5.41, 5.74) is 2.35. The van der Waals surface area contributed by atoms with Gasteiger partial charge in [-0.25, -0.2) is 4.99 Å². The Balaban J connectivity index is 1.64. The summed E-state index contributed by atoms with van der Waals surface area (Å²) in [5, 5.41) is 6.89. The van der Waals surface area contributed by atoms with E-state index in [2.05, 4.69) is 52.8 Å². The molecule has 2 N–H and O–H groups in total. The second-order valence-electron chi connectivity index (χ2n) is 7.86. The number of guanidine groups is 1. The second kappa shape index (κ2) is 12.2. The van der Waals surface area contributed by atoms with Crippen molar-refractivity contribution in [1.82, 2.24) is 15.5 Å². The van der Waals surface area contributed by atoms with Gasteiger partial charge in [-0.2, -0.15) is 0 Å². The molecule has 1 saturated heterocycles. The average Bonchev–Trinajstić information content (AvgIpc) is 3.27. The smallest absolute Gasteiger partial charge is 0.203 e. The standard InChI is InChI=1S/C25H36N4O3/c1-5-26-25(27-16-20-14-22(30-2)24(32-4)23(15-20)31-3)28-17-21-12-9-13-29(21)18-19-10-7-6-8-11-19/h6-8,10-11,14-15,21H,5,9,12-13,16-18H2,1-4H3,(H2,26,27,28). The number of nitrogens with zero attached hydrogens (tertiary/aromatic N) is 2. The van der Waals surface area contributed by atoms with Crippen molar-refractivity contribution < 1.29 is 14.2 Å². The highest BCUT2D eigenvalue weighted by Crippen LogP contribution is 2.38. The van der Waals surface area contributed by atoms with Crippen LogP contribution in [0.4, 0.5) is 0 Å². The first-order valence-electron chi connectivity index (χ1n) is 11.3. The van der Waals surface area contributed by atoms with E-state index < -0.39 is 0 Å². The molecule has 1 aliphatic rings. The van der Waals surface area contributed by atoms with Crippen molar-refractivity contribution in [2.24, 2.45) is 4.99 Å². The Morgan fingerprint density at radius 2 is 1.72 bits per heavy atom. The first-order chi connectivity index (χ1) is 15.7. The summed E-state index contributed by atoms with van der Waals surface area (Å²) in [5.74, 6) is 2.68. The van der Waals surface area contributed by atoms with E-state index in [0.29, 0.717) is 29.8 Å². The van der Waals surface area contributed by atoms with Gasteiger partial charge in [-0.05, 0) is 49.6 Å². The molecule has 0 bridgehead atoms. The highest BCUT2D eigenvalue weighted by molar-refractivity contribution is 5.79. The summed E-state index contributed by atoms with van der Waals surface area (Å²) in [6.45, 7) is 6.39. The van der Waals surface area contributed by atoms with Crippen molar-refractivity contribution in [3.8, 4) is 17.2 Å². The number of hydrogen-bond donors (Lipinski definition) is 2. The van der Waals surface area contributed by atoms with E-state index in [1.54, 1.807) is 21.3 Å². The van der Waals surface area contributed by atoms with E-state index in [1.165, 1.54) is 18.4 Å². The molecule has 1 atom stereocenters. The Morgan fingerprint density at radius 3 is 2.34 bits per heavy atom. The molecule has 7 nitrogen and oxygen atoms in total. The van der Waals surface area contributed by atoms with Crippen LogP contribution in [0.15, 0.2) is 47.5 Å². The Bertz CT molecular complexity index is 848. The maximum absolute atomic E-state index is 5.46. The van der Waals surface area contributed by atoms with Crippen molar-refractivity contribution in [1.29, 1.82) is 0 Å². The molecule has 32 heavy (non-hydrogen) atoms. The van der Waals surface area contributed by atoms with Crippen LogP contribution in [0.1, 0.15) is 30.9 Å². The molecule has 0 aromatic heterocycles. The SMILES string of the molecule is CCNC(=NCc1cc(OC)c(OC)c(OC)c1)NCC1CCCN1Cc1ccccc1. The number of ether oxygens (including phenoxy) is 3. The molecule has 3 rings (SSSR count). The number of aliphatic imine (C=N–C) groups is 1. The van der Waals surface area contributed by atoms with Gasteiger partial charge in [0, 0.05) is 25.7 Å². The lowest BCUT2D eigenvalue weighted by molar-refractivity contribution is 0.245. The zero-order chi connectivity index (χ0) is 22.8. The van der Waals surface area contributed by atoms with Crippen LogP contribution in [0.2, 0.25) is 0 Å². The third-order valence-electron chi connectivity index (χ3n) is 5.72. The van der Waals surface area contributed by atoms with Crippen LogP contribution >= 0.6 is 0 Å². The van der Waals surface area contributed by atoms with Crippen LogP contribution in [0, 0.1) is 0 Å². The van der Waals surface area contributed by atoms with Crippen molar-refractivity contribution in [3.05, 3.63) is 53.6 Å². The molecule has 174 valence electrons. The summed E-state index contributed by atoms with van der Waals surface area (Å²) in [4.78, 5) is 7.34. The lowest BCUT2D eigenvalue weighted by Gasteiger charge is -2.25. The number of rotatable bonds is 10. The molecule has 0 spiro atoms. The monoisotopic (exact) mass is 440 g/mol. The van der Waals surface area contributed by atoms with Gasteiger partial charge in [0.05, 0.1) is 27.9 Å². The third kappa shape index (κ3) is 6.29. The van der Waals surface area contributed by atoms with Gasteiger partial charge in [0.25, 0.3) is 0 Å². The predicted molar refractivity (Wildman–Crippen MR) is 129 cm³/mol. The minimum Gasteiger partial charge on any atom is -0.493 e. The van der Waals surface area contributed by atoms with Gasteiger partial charge in [0.2, 0.25) is 5.75 Å². The minimum atomic E-state index is 0.500. The van der Waals surface area contributed by atoms with Gasteiger partial charge < -0.3 is 24.8 Å². The summed E-state index contributed by atoms with van der Waals surface area (Å²) < 4.78 is 16.3. The van der Waals surface area contributed by atoms with Crippen molar-refractivity contribution in [2.45, 2.75) is 38.9 Å². The van der Waals surface area contributed by atoms with Crippen molar-refractivity contribution in [3.63, 3.8) is 0 Å². The molecule has 0 aliphatic carbocycles. The number of methoxy groups -OCH3 is 3. The Labute approximate surface area is 191 Å². The van der Waals surface area contributed by atoms with E-state index >= 15 is 0 Å². The van der Waals surface area contributed by atoms with Gasteiger partial charge in [0.1, 0.15) is 0 Å². The first-order valence-corrected chi connectivity index (χ1v) is 11.3. The highest BCUT2D eigenvalue weighted by Gasteiger charge is 2.24. The van der Waals surface area contributed by atoms with Crippen LogP contribution < -0.4 is 24.8 Å². The molecular formula is C25H36N4O3. The first kappa shape index (κ1) is 23.7. The molecule has 0 amide bonds. The van der Waals surface area contributed by atoms with Gasteiger partial charge in [-0.15, -0.1) is 0 Å². The molecule has 0 saturated carbocycles. The second-order valence-corrected chi connectivity index (χ2v) is 7.86. The number of benzene rings is 2. The lowest BCUT2D eigenvalue weighted by Crippen LogP contribution is -2.44. The largest absolute Gasteiger partial charge is 0.493 e. The van der Waals surface area contributed by atoms with E-state index in [-0.39, 0.29) is 0 Å². The number of hydrogen-bond acceptors (Lipinski definition) is 5. The van der Waals surface area contributed by atoms with Crippen LogP contribution in [0.25, 0.3) is 0 Å². The fraction of sp³-hybridized carbons (Fsp3) is 0.480. The fourth-order valence-electron chi connectivity index (χ4n) is 4.11. The summed E-state index contributed by atoms with van der Waals surface area (Å²) in [6.07, 6.45) is 2.43. The van der Waals surface area contributed by atoms with Crippen LogP contribution in [0.5, 0.6) is 17.2 Å². The Morgan fingerprint density at radius 1 is 1.00 bits per heavy atom. The Kier molecular flexibility index (Phi) is 9.04. The zero-order valence-electron chi connectivity index (χ0n) is 19.7. The molecule has 1 unspecified atom stereocenters. The Hall–Kier alpha value is -2.93. The molecule has 1 aliphatic heterocycles. The fourth-order valence-corrected chi connectivity index (χ4v) is 4.11. The maximum Gasteiger partial charge on any atom is 0.203 e. The number of nitrogens with one attached hydrogen (secondary N) is 2. The molecule has 1 heterocycles. The highest BCUT2D eigenvalue weighted by atomic mass is 16.5. The van der Waals surface area contributed by atoms with Gasteiger partial charge in [-0.1, -0.05) is 30.3 Å². The lowest BCUT2D eigenvalue weighted by atomic mass is 10.2. The van der Waals surface area contributed by atoms with E-state index in [1.807, 2.05) is 12.1 Å². The molecule has 7 heteroatoms. The van der Waals surface area contributed by atoms with Gasteiger partial charge in [-0.3, -0.25) is 4.90 Å². The topological polar surface area (TPSA) is 67.4 Å². The minimum absolute atomic E-state index is 0.500. The number of likely N-dealkylation sites (tertiary alicyclic amines) is 1.